The predicted octanol–water partition coefficient (Wildman–Crippen LogP) is 1.00. The van der Waals surface area contributed by atoms with Crippen molar-refractivity contribution >= 4 is 11.7 Å². The zero-order chi connectivity index (χ0) is 17.3. The number of aliphatic imine (C=N–C) groups is 1. The van der Waals surface area contributed by atoms with Crippen molar-refractivity contribution < 1.29 is 9.90 Å². The molecular weight excluding hydrogens is 294 g/mol. The van der Waals surface area contributed by atoms with Gasteiger partial charge in [-0.3, -0.25) is 20.1 Å². The Morgan fingerprint density at radius 1 is 1.52 bits per heavy atom. The van der Waals surface area contributed by atoms with Gasteiger partial charge in [0.1, 0.15) is 11.5 Å². The molecular formula is C16H23N5O2. The van der Waals surface area contributed by atoms with E-state index in [-0.39, 0.29) is 30.3 Å². The van der Waals surface area contributed by atoms with E-state index in [2.05, 4.69) is 20.6 Å². The van der Waals surface area contributed by atoms with Gasteiger partial charge in [-0.2, -0.15) is 5.26 Å². The molecule has 1 aromatic rings. The summed E-state index contributed by atoms with van der Waals surface area (Å²) in [6.45, 7) is 6.07. The fourth-order valence-electron chi connectivity index (χ4n) is 1.78. The highest BCUT2D eigenvalue weighted by Gasteiger charge is 2.15. The van der Waals surface area contributed by atoms with Gasteiger partial charge in [0.25, 0.3) is 5.91 Å². The summed E-state index contributed by atoms with van der Waals surface area (Å²) in [5.41, 5.74) is 0.817. The van der Waals surface area contributed by atoms with Crippen LogP contribution >= 0.6 is 0 Å². The molecule has 1 heterocycles. The topological polar surface area (TPSA) is 110 Å². The van der Waals surface area contributed by atoms with Crippen molar-refractivity contribution in [3.8, 4) is 6.19 Å². The molecule has 1 amide bonds. The van der Waals surface area contributed by atoms with E-state index in [1.165, 1.54) is 6.20 Å². The Labute approximate surface area is 136 Å². The number of nitriles is 1. The van der Waals surface area contributed by atoms with E-state index >= 15 is 0 Å². The summed E-state index contributed by atoms with van der Waals surface area (Å²) in [6.07, 6.45) is 4.68. The second-order valence-corrected chi connectivity index (χ2v) is 5.67. The van der Waals surface area contributed by atoms with Gasteiger partial charge < -0.3 is 10.4 Å². The van der Waals surface area contributed by atoms with Crippen LogP contribution in [0.3, 0.4) is 0 Å². The van der Waals surface area contributed by atoms with Crippen LogP contribution in [-0.2, 0) is 6.42 Å². The molecule has 0 aromatic carbocycles. The van der Waals surface area contributed by atoms with Crippen LogP contribution in [0, 0.1) is 11.5 Å². The Morgan fingerprint density at radius 3 is 2.87 bits per heavy atom. The fraction of sp³-hybridized carbons (Fsp3) is 0.500. The van der Waals surface area contributed by atoms with Gasteiger partial charge in [0, 0.05) is 19.2 Å². The molecule has 1 aromatic heterocycles. The van der Waals surface area contributed by atoms with E-state index in [1.54, 1.807) is 12.1 Å². The highest BCUT2D eigenvalue weighted by atomic mass is 16.3. The number of amides is 1. The highest BCUT2D eigenvalue weighted by Crippen LogP contribution is 2.14. The summed E-state index contributed by atoms with van der Waals surface area (Å²) >= 11 is 0. The SMILES string of the molecule is CCC(C)(C)N=C(Cc1ccnc(C(=O)NCCO)c1)NC#N. The lowest BCUT2D eigenvalue weighted by Crippen LogP contribution is -2.28. The Hall–Kier alpha value is -2.46. The number of amidine groups is 1. The number of aliphatic hydroxyl groups excluding tert-OH is 1. The number of aromatic nitrogens is 1. The molecule has 0 aliphatic rings. The van der Waals surface area contributed by atoms with E-state index in [4.69, 9.17) is 10.4 Å². The maximum atomic E-state index is 11.9. The Morgan fingerprint density at radius 2 is 2.26 bits per heavy atom. The molecule has 0 saturated carbocycles. The highest BCUT2D eigenvalue weighted by molar-refractivity contribution is 5.93. The van der Waals surface area contributed by atoms with Gasteiger partial charge in [-0.25, -0.2) is 0 Å². The lowest BCUT2D eigenvalue weighted by Gasteiger charge is -2.19. The summed E-state index contributed by atoms with van der Waals surface area (Å²) in [7, 11) is 0. The third-order valence-electron chi connectivity index (χ3n) is 3.33. The van der Waals surface area contributed by atoms with Gasteiger partial charge in [0.2, 0.25) is 0 Å². The monoisotopic (exact) mass is 317 g/mol. The van der Waals surface area contributed by atoms with E-state index in [9.17, 15) is 4.79 Å². The third-order valence-corrected chi connectivity index (χ3v) is 3.33. The number of pyridine rings is 1. The van der Waals surface area contributed by atoms with E-state index < -0.39 is 0 Å². The van der Waals surface area contributed by atoms with Crippen molar-refractivity contribution in [2.24, 2.45) is 4.99 Å². The minimum atomic E-state index is -0.346. The molecule has 7 nitrogen and oxygen atoms in total. The van der Waals surface area contributed by atoms with Crippen molar-refractivity contribution in [2.75, 3.05) is 13.2 Å². The first-order valence-corrected chi connectivity index (χ1v) is 7.49. The molecule has 0 aliphatic carbocycles. The molecule has 23 heavy (non-hydrogen) atoms. The maximum absolute atomic E-state index is 11.9. The number of hydrogen-bond donors (Lipinski definition) is 3. The van der Waals surface area contributed by atoms with Gasteiger partial charge in [-0.05, 0) is 38.0 Å². The summed E-state index contributed by atoms with van der Waals surface area (Å²) in [5.74, 6) is 0.203. The smallest absolute Gasteiger partial charge is 0.269 e. The molecule has 0 atom stereocenters. The maximum Gasteiger partial charge on any atom is 0.269 e. The first-order chi connectivity index (χ1) is 10.9. The Kier molecular flexibility index (Phi) is 7.16. The molecule has 124 valence electrons. The second kappa shape index (κ2) is 8.86. The largest absolute Gasteiger partial charge is 0.395 e. The summed E-state index contributed by atoms with van der Waals surface area (Å²) < 4.78 is 0. The summed E-state index contributed by atoms with van der Waals surface area (Å²) in [6, 6.07) is 3.43. The third kappa shape index (κ3) is 6.45. The molecule has 0 spiro atoms. The number of rotatable bonds is 7. The molecule has 0 aliphatic heterocycles. The van der Waals surface area contributed by atoms with Gasteiger partial charge in [-0.1, -0.05) is 6.92 Å². The first kappa shape index (κ1) is 18.6. The van der Waals surface area contributed by atoms with Crippen LogP contribution in [-0.4, -0.2) is 40.5 Å². The Bertz CT molecular complexity index is 605. The molecule has 7 heteroatoms. The lowest BCUT2D eigenvalue weighted by atomic mass is 10.0. The van der Waals surface area contributed by atoms with E-state index in [1.807, 2.05) is 27.0 Å². The Balaban J connectivity index is 2.93. The molecule has 3 N–H and O–H groups in total. The van der Waals surface area contributed by atoms with Crippen LogP contribution in [0.5, 0.6) is 0 Å². The van der Waals surface area contributed by atoms with Crippen molar-refractivity contribution in [3.05, 3.63) is 29.6 Å². The normalized spacial score (nSPS) is 11.7. The van der Waals surface area contributed by atoms with Crippen LogP contribution in [0.15, 0.2) is 23.3 Å². The second-order valence-electron chi connectivity index (χ2n) is 5.67. The molecule has 0 unspecified atom stereocenters. The van der Waals surface area contributed by atoms with Crippen molar-refractivity contribution in [1.29, 1.82) is 5.26 Å². The number of carbonyl (C=O) groups excluding carboxylic acids is 1. The molecule has 0 radical (unpaired) electrons. The quantitative estimate of drug-likeness (QED) is 0.301. The zero-order valence-electron chi connectivity index (χ0n) is 13.8. The average Bonchev–Trinajstić information content (AvgIpc) is 2.52. The fourth-order valence-corrected chi connectivity index (χ4v) is 1.78. The number of nitrogens with zero attached hydrogens (tertiary/aromatic N) is 3. The molecule has 0 saturated heterocycles. The van der Waals surface area contributed by atoms with Crippen LogP contribution in [0.4, 0.5) is 0 Å². The number of aliphatic hydroxyl groups is 1. The van der Waals surface area contributed by atoms with Crippen molar-refractivity contribution in [1.82, 2.24) is 15.6 Å². The van der Waals surface area contributed by atoms with Gasteiger partial charge in [0.05, 0.1) is 12.1 Å². The zero-order valence-corrected chi connectivity index (χ0v) is 13.8. The number of carbonyl (C=O) groups is 1. The van der Waals surface area contributed by atoms with Gasteiger partial charge in [0.15, 0.2) is 6.19 Å². The van der Waals surface area contributed by atoms with E-state index in [0.29, 0.717) is 12.3 Å². The minimum absolute atomic E-state index is 0.125. The first-order valence-electron chi connectivity index (χ1n) is 7.49. The minimum Gasteiger partial charge on any atom is -0.395 e. The molecule has 0 fully saturated rings. The summed E-state index contributed by atoms with van der Waals surface area (Å²) in [5, 5.41) is 22.8. The average molecular weight is 317 g/mol. The molecule has 1 rings (SSSR count). The van der Waals surface area contributed by atoms with Crippen LogP contribution in [0.2, 0.25) is 0 Å². The summed E-state index contributed by atoms with van der Waals surface area (Å²) in [4.78, 5) is 20.4. The van der Waals surface area contributed by atoms with E-state index in [0.717, 1.165) is 12.0 Å². The number of hydrogen-bond acceptors (Lipinski definition) is 5. The standard InChI is InChI=1S/C16H23N5O2/c1-4-16(2,3)21-14(20-11-17)10-12-5-6-18-13(9-12)15(23)19-7-8-22/h5-6,9,22H,4,7-8,10H2,1-3H3,(H,19,23)(H,20,21). The van der Waals surface area contributed by atoms with Crippen LogP contribution in [0.25, 0.3) is 0 Å². The van der Waals surface area contributed by atoms with Crippen LogP contribution in [0.1, 0.15) is 43.2 Å². The van der Waals surface area contributed by atoms with Gasteiger partial charge in [-0.15, -0.1) is 0 Å². The molecule has 0 bridgehead atoms. The van der Waals surface area contributed by atoms with Crippen LogP contribution < -0.4 is 10.6 Å². The van der Waals surface area contributed by atoms with Crippen molar-refractivity contribution in [2.45, 2.75) is 39.2 Å². The van der Waals surface area contributed by atoms with Crippen molar-refractivity contribution in [3.63, 3.8) is 0 Å². The number of nitrogens with one attached hydrogen (secondary N) is 2. The predicted molar refractivity (Wildman–Crippen MR) is 87.9 cm³/mol. The van der Waals surface area contributed by atoms with Gasteiger partial charge >= 0.3 is 0 Å². The lowest BCUT2D eigenvalue weighted by molar-refractivity contribution is 0.0939.